The van der Waals surface area contributed by atoms with Crippen molar-refractivity contribution in [1.29, 1.82) is 5.26 Å². The minimum Gasteiger partial charge on any atom is -0.337 e. The van der Waals surface area contributed by atoms with Gasteiger partial charge in [0.1, 0.15) is 16.5 Å². The maximum Gasteiger partial charge on any atom is 0.151 e. The van der Waals surface area contributed by atoms with Crippen LogP contribution in [0.5, 0.6) is 0 Å². The molecule has 0 radical (unpaired) electrons. The number of nitrogens with zero attached hydrogens (tertiary/aromatic N) is 4. The van der Waals surface area contributed by atoms with Crippen molar-refractivity contribution in [3.63, 3.8) is 0 Å². The van der Waals surface area contributed by atoms with Crippen LogP contribution in [0.1, 0.15) is 5.56 Å². The first-order valence-electron chi connectivity index (χ1n) is 4.55. The van der Waals surface area contributed by atoms with Crippen LogP contribution in [0.2, 0.25) is 0 Å². The second-order valence-electron chi connectivity index (χ2n) is 3.18. The lowest BCUT2D eigenvalue weighted by atomic mass is 10.2. The quantitative estimate of drug-likeness (QED) is 0.689. The second kappa shape index (κ2) is 3.40. The van der Waals surface area contributed by atoms with Crippen LogP contribution in [0.25, 0.3) is 21.7 Å². The summed E-state index contributed by atoms with van der Waals surface area (Å²) in [5.74, 6) is 0.702. The van der Waals surface area contributed by atoms with Crippen molar-refractivity contribution in [3.05, 3.63) is 30.0 Å². The molecule has 0 saturated heterocycles. The molecule has 1 aromatic carbocycles. The molecule has 6 heteroatoms. The topological polar surface area (TPSA) is 78.2 Å². The van der Waals surface area contributed by atoms with Gasteiger partial charge in [0, 0.05) is 0 Å². The van der Waals surface area contributed by atoms with Crippen molar-refractivity contribution >= 4 is 22.6 Å². The molecule has 3 rings (SSSR count). The third kappa shape index (κ3) is 1.26. The molecule has 0 amide bonds. The number of rotatable bonds is 1. The number of aromatic amines is 1. The molecule has 0 saturated carbocycles. The molecule has 0 fully saturated rings. The zero-order valence-corrected chi connectivity index (χ0v) is 8.82. The first-order chi connectivity index (χ1) is 7.88. The minimum absolute atomic E-state index is 0.567. The summed E-state index contributed by atoms with van der Waals surface area (Å²) in [4.78, 5) is 8.38. The smallest absolute Gasteiger partial charge is 0.151 e. The summed E-state index contributed by atoms with van der Waals surface area (Å²) >= 11 is 1.27. The van der Waals surface area contributed by atoms with E-state index >= 15 is 0 Å². The largest absolute Gasteiger partial charge is 0.337 e. The van der Waals surface area contributed by atoms with Crippen molar-refractivity contribution in [1.82, 2.24) is 19.6 Å². The Labute approximate surface area is 94.5 Å². The van der Waals surface area contributed by atoms with Crippen LogP contribution in [-0.2, 0) is 0 Å². The summed E-state index contributed by atoms with van der Waals surface area (Å²) in [6, 6.07) is 7.58. The number of benzene rings is 1. The Kier molecular flexibility index (Phi) is 1.91. The maximum absolute atomic E-state index is 8.95. The lowest BCUT2D eigenvalue weighted by Crippen LogP contribution is -1.76. The van der Waals surface area contributed by atoms with Gasteiger partial charge in [0.05, 0.1) is 17.3 Å². The highest BCUT2D eigenvalue weighted by molar-refractivity contribution is 7.09. The fraction of sp³-hybridized carbons (Fsp3) is 0. The van der Waals surface area contributed by atoms with Crippen LogP contribution in [0, 0.1) is 11.3 Å². The third-order valence-electron chi connectivity index (χ3n) is 2.23. The van der Waals surface area contributed by atoms with E-state index in [1.807, 2.05) is 12.1 Å². The van der Waals surface area contributed by atoms with Crippen LogP contribution in [0.4, 0.5) is 0 Å². The molecular weight excluding hydrogens is 222 g/mol. The van der Waals surface area contributed by atoms with Crippen molar-refractivity contribution in [2.75, 3.05) is 0 Å². The number of hydrogen-bond donors (Lipinski definition) is 1. The van der Waals surface area contributed by atoms with Crippen LogP contribution in [-0.4, -0.2) is 19.6 Å². The summed E-state index contributed by atoms with van der Waals surface area (Å²) in [6.07, 6.45) is 1.65. The number of H-pyrrole nitrogens is 1. The zero-order valence-electron chi connectivity index (χ0n) is 8.01. The molecule has 0 spiro atoms. The molecule has 3 aromatic rings. The molecular formula is C10H5N5S. The molecule has 0 unspecified atom stereocenters. The predicted octanol–water partition coefficient (Wildman–Crippen LogP) is 1.95. The van der Waals surface area contributed by atoms with Gasteiger partial charge in [-0.3, -0.25) is 0 Å². The monoisotopic (exact) mass is 227 g/mol. The van der Waals surface area contributed by atoms with E-state index in [1.165, 1.54) is 11.5 Å². The highest BCUT2D eigenvalue weighted by Gasteiger charge is 2.09. The summed E-state index contributed by atoms with van der Waals surface area (Å²) in [5.41, 5.74) is 2.10. The normalized spacial score (nSPS) is 10.4. The number of nitrogens with one attached hydrogen (secondary N) is 1. The van der Waals surface area contributed by atoms with Gasteiger partial charge < -0.3 is 4.98 Å². The maximum atomic E-state index is 8.95. The van der Waals surface area contributed by atoms with E-state index in [0.717, 1.165) is 10.4 Å². The predicted molar refractivity (Wildman–Crippen MR) is 59.7 cm³/mol. The Morgan fingerprint density at radius 2 is 2.31 bits per heavy atom. The molecule has 0 atom stereocenters. The SMILES string of the molecule is N#Cc1cccc2[nH]c(-c3cnns3)nc12. The van der Waals surface area contributed by atoms with E-state index in [9.17, 15) is 0 Å². The van der Waals surface area contributed by atoms with E-state index in [0.29, 0.717) is 16.9 Å². The summed E-state index contributed by atoms with van der Waals surface area (Å²) in [6.45, 7) is 0. The standard InChI is InChI=1S/C10H5N5S/c11-4-6-2-1-3-7-9(6)14-10(13-7)8-5-12-15-16-8/h1-3,5H,(H,13,14). The fourth-order valence-electron chi connectivity index (χ4n) is 1.51. The lowest BCUT2D eigenvalue weighted by molar-refractivity contribution is 1.15. The van der Waals surface area contributed by atoms with Crippen molar-refractivity contribution < 1.29 is 0 Å². The molecule has 16 heavy (non-hydrogen) atoms. The Hall–Kier alpha value is -2.26. The number of aromatic nitrogens is 4. The molecule has 2 aromatic heterocycles. The number of imidazole rings is 1. The molecule has 5 nitrogen and oxygen atoms in total. The molecule has 0 aliphatic rings. The lowest BCUT2D eigenvalue weighted by Gasteiger charge is -1.87. The molecule has 0 aliphatic heterocycles. The van der Waals surface area contributed by atoms with E-state index in [1.54, 1.807) is 12.3 Å². The van der Waals surface area contributed by atoms with Crippen LogP contribution in [0.3, 0.4) is 0 Å². The first-order valence-corrected chi connectivity index (χ1v) is 5.32. The first kappa shape index (κ1) is 9.00. The second-order valence-corrected chi connectivity index (χ2v) is 3.97. The van der Waals surface area contributed by atoms with Gasteiger partial charge in [-0.1, -0.05) is 10.6 Å². The summed E-state index contributed by atoms with van der Waals surface area (Å²) < 4.78 is 3.78. The van der Waals surface area contributed by atoms with Gasteiger partial charge in [-0.05, 0) is 23.7 Å². The molecule has 76 valence electrons. The van der Waals surface area contributed by atoms with Crippen molar-refractivity contribution in [3.8, 4) is 16.8 Å². The number of hydrogen-bond acceptors (Lipinski definition) is 5. The number of nitriles is 1. The zero-order chi connectivity index (χ0) is 11.0. The van der Waals surface area contributed by atoms with Gasteiger partial charge in [0.15, 0.2) is 5.82 Å². The Morgan fingerprint density at radius 1 is 1.38 bits per heavy atom. The Morgan fingerprint density at radius 3 is 3.06 bits per heavy atom. The van der Waals surface area contributed by atoms with Gasteiger partial charge in [-0.2, -0.15) is 5.26 Å². The number of fused-ring (bicyclic) bond motifs is 1. The van der Waals surface area contributed by atoms with E-state index in [2.05, 4.69) is 25.6 Å². The van der Waals surface area contributed by atoms with Crippen LogP contribution >= 0.6 is 11.5 Å². The number of para-hydroxylation sites is 1. The summed E-state index contributed by atoms with van der Waals surface area (Å²) in [5, 5.41) is 12.7. The fourth-order valence-corrected chi connectivity index (χ4v) is 1.97. The van der Waals surface area contributed by atoms with Crippen LogP contribution < -0.4 is 0 Å². The van der Waals surface area contributed by atoms with Gasteiger partial charge in [0.25, 0.3) is 0 Å². The molecule has 0 aliphatic carbocycles. The Bertz CT molecular complexity index is 677. The van der Waals surface area contributed by atoms with E-state index in [-0.39, 0.29) is 0 Å². The molecule has 2 heterocycles. The summed E-state index contributed by atoms with van der Waals surface area (Å²) in [7, 11) is 0. The Balaban J connectivity index is 2.28. The van der Waals surface area contributed by atoms with Crippen molar-refractivity contribution in [2.45, 2.75) is 0 Å². The van der Waals surface area contributed by atoms with Gasteiger partial charge in [0.2, 0.25) is 0 Å². The third-order valence-corrected chi connectivity index (χ3v) is 2.90. The van der Waals surface area contributed by atoms with E-state index < -0.39 is 0 Å². The highest BCUT2D eigenvalue weighted by Crippen LogP contribution is 2.23. The van der Waals surface area contributed by atoms with Gasteiger partial charge in [-0.25, -0.2) is 4.98 Å². The minimum atomic E-state index is 0.567. The molecule has 0 bridgehead atoms. The average Bonchev–Trinajstić information content (AvgIpc) is 2.96. The van der Waals surface area contributed by atoms with E-state index in [4.69, 9.17) is 5.26 Å². The average molecular weight is 227 g/mol. The molecule has 1 N–H and O–H groups in total. The van der Waals surface area contributed by atoms with Gasteiger partial charge >= 0.3 is 0 Å². The van der Waals surface area contributed by atoms with Crippen LogP contribution in [0.15, 0.2) is 24.4 Å². The highest BCUT2D eigenvalue weighted by atomic mass is 32.1. The van der Waals surface area contributed by atoms with Crippen molar-refractivity contribution in [2.24, 2.45) is 0 Å². The van der Waals surface area contributed by atoms with Gasteiger partial charge in [-0.15, -0.1) is 5.10 Å².